The van der Waals surface area contributed by atoms with Gasteiger partial charge in [0.15, 0.2) is 5.65 Å². The molecule has 0 aliphatic rings. The van der Waals surface area contributed by atoms with Crippen LogP contribution in [0.4, 0.5) is 5.69 Å². The summed E-state index contributed by atoms with van der Waals surface area (Å²) in [5, 5.41) is 0. The van der Waals surface area contributed by atoms with Crippen LogP contribution in [-0.2, 0) is 0 Å². The van der Waals surface area contributed by atoms with Crippen molar-refractivity contribution in [2.45, 2.75) is 6.92 Å². The number of hydrogen-bond donors (Lipinski definition) is 1. The molecule has 0 saturated carbocycles. The molecule has 2 rings (SSSR count). The average molecular weight is 147 g/mol. The quantitative estimate of drug-likeness (QED) is 0.609. The van der Waals surface area contributed by atoms with Gasteiger partial charge in [0.05, 0.1) is 11.4 Å². The molecule has 0 aliphatic carbocycles. The maximum Gasteiger partial charge on any atom is 0.160 e. The molecule has 3 heteroatoms. The van der Waals surface area contributed by atoms with E-state index in [1.807, 2.05) is 35.9 Å². The number of imidazole rings is 1. The van der Waals surface area contributed by atoms with Crippen LogP contribution in [-0.4, -0.2) is 9.38 Å². The Morgan fingerprint density at radius 3 is 3.09 bits per heavy atom. The first-order valence-corrected chi connectivity index (χ1v) is 3.47. The second kappa shape index (κ2) is 1.99. The van der Waals surface area contributed by atoms with E-state index in [1.54, 1.807) is 0 Å². The maximum atomic E-state index is 5.69. The summed E-state index contributed by atoms with van der Waals surface area (Å²) in [6, 6.07) is 3.76. The van der Waals surface area contributed by atoms with Crippen LogP contribution in [0.1, 0.15) is 5.69 Å². The average Bonchev–Trinajstić information content (AvgIpc) is 2.31. The molecule has 2 aromatic heterocycles. The van der Waals surface area contributed by atoms with Crippen molar-refractivity contribution in [2.75, 3.05) is 5.73 Å². The van der Waals surface area contributed by atoms with Crippen molar-refractivity contribution in [3.05, 3.63) is 30.2 Å². The number of nitrogens with zero attached hydrogens (tertiary/aromatic N) is 2. The summed E-state index contributed by atoms with van der Waals surface area (Å²) in [6.45, 7) is 1.95. The highest BCUT2D eigenvalue weighted by molar-refractivity contribution is 5.64. The lowest BCUT2D eigenvalue weighted by Crippen LogP contribution is -1.90. The number of aromatic nitrogens is 2. The van der Waals surface area contributed by atoms with Crippen LogP contribution in [0.3, 0.4) is 0 Å². The molecule has 2 heterocycles. The summed E-state index contributed by atoms with van der Waals surface area (Å²) in [6.07, 6.45) is 3.89. The van der Waals surface area contributed by atoms with Crippen LogP contribution in [0, 0.1) is 6.92 Å². The van der Waals surface area contributed by atoms with Crippen LogP contribution >= 0.6 is 0 Å². The van der Waals surface area contributed by atoms with E-state index < -0.39 is 0 Å². The van der Waals surface area contributed by atoms with E-state index in [9.17, 15) is 0 Å². The van der Waals surface area contributed by atoms with Gasteiger partial charge < -0.3 is 10.1 Å². The summed E-state index contributed by atoms with van der Waals surface area (Å²) in [5.41, 5.74) is 8.24. The van der Waals surface area contributed by atoms with Gasteiger partial charge in [-0.3, -0.25) is 0 Å². The van der Waals surface area contributed by atoms with Crippen molar-refractivity contribution in [1.29, 1.82) is 0 Å². The van der Waals surface area contributed by atoms with Crippen molar-refractivity contribution in [2.24, 2.45) is 0 Å². The summed E-state index contributed by atoms with van der Waals surface area (Å²) in [5.74, 6) is 0. The molecule has 0 amide bonds. The van der Waals surface area contributed by atoms with Crippen molar-refractivity contribution >= 4 is 11.3 Å². The number of anilines is 1. The van der Waals surface area contributed by atoms with E-state index in [1.165, 1.54) is 0 Å². The molecule has 0 fully saturated rings. The zero-order chi connectivity index (χ0) is 7.84. The third-order valence-corrected chi connectivity index (χ3v) is 1.63. The zero-order valence-corrected chi connectivity index (χ0v) is 6.28. The fourth-order valence-electron chi connectivity index (χ4n) is 1.16. The first kappa shape index (κ1) is 6.22. The summed E-state index contributed by atoms with van der Waals surface area (Å²) < 4.78 is 1.92. The molecular formula is C8H9N3. The molecule has 0 atom stereocenters. The van der Waals surface area contributed by atoms with E-state index >= 15 is 0 Å². The molecule has 0 unspecified atom stereocenters. The molecule has 0 saturated heterocycles. The Morgan fingerprint density at radius 2 is 2.36 bits per heavy atom. The lowest BCUT2D eigenvalue weighted by Gasteiger charge is -1.94. The molecule has 0 radical (unpaired) electrons. The predicted octanol–water partition coefficient (Wildman–Crippen LogP) is 1.22. The molecule has 11 heavy (non-hydrogen) atoms. The SMILES string of the molecule is Cc1cn2cccc(N)c2n1. The number of hydrogen-bond acceptors (Lipinski definition) is 2. The summed E-state index contributed by atoms with van der Waals surface area (Å²) in [4.78, 5) is 4.25. The van der Waals surface area contributed by atoms with Gasteiger partial charge in [0, 0.05) is 12.4 Å². The Morgan fingerprint density at radius 1 is 1.55 bits per heavy atom. The number of nitrogens with two attached hydrogens (primary N) is 1. The van der Waals surface area contributed by atoms with Crippen LogP contribution in [0.25, 0.3) is 5.65 Å². The number of aryl methyl sites for hydroxylation is 1. The highest BCUT2D eigenvalue weighted by Gasteiger charge is 1.98. The third kappa shape index (κ3) is 0.852. The zero-order valence-electron chi connectivity index (χ0n) is 6.28. The Hall–Kier alpha value is -1.51. The number of nitrogen functional groups attached to an aromatic ring is 1. The fourth-order valence-corrected chi connectivity index (χ4v) is 1.16. The smallest absolute Gasteiger partial charge is 0.160 e. The van der Waals surface area contributed by atoms with Gasteiger partial charge in [0.2, 0.25) is 0 Å². The van der Waals surface area contributed by atoms with Gasteiger partial charge in [0.25, 0.3) is 0 Å². The van der Waals surface area contributed by atoms with Gasteiger partial charge in [-0.15, -0.1) is 0 Å². The Kier molecular flexibility index (Phi) is 1.12. The van der Waals surface area contributed by atoms with Crippen molar-refractivity contribution in [3.8, 4) is 0 Å². The van der Waals surface area contributed by atoms with E-state index in [0.717, 1.165) is 17.0 Å². The van der Waals surface area contributed by atoms with E-state index in [0.29, 0.717) is 0 Å². The van der Waals surface area contributed by atoms with Gasteiger partial charge in [-0.25, -0.2) is 4.98 Å². The molecule has 0 aromatic carbocycles. The predicted molar refractivity (Wildman–Crippen MR) is 44.3 cm³/mol. The second-order valence-corrected chi connectivity index (χ2v) is 2.58. The molecular weight excluding hydrogens is 138 g/mol. The van der Waals surface area contributed by atoms with Crippen LogP contribution < -0.4 is 5.73 Å². The van der Waals surface area contributed by atoms with Gasteiger partial charge in [-0.2, -0.15) is 0 Å². The Bertz CT molecular complexity index is 389. The summed E-state index contributed by atoms with van der Waals surface area (Å²) >= 11 is 0. The highest BCUT2D eigenvalue weighted by Crippen LogP contribution is 2.11. The number of rotatable bonds is 0. The van der Waals surface area contributed by atoms with Crippen LogP contribution in [0.2, 0.25) is 0 Å². The van der Waals surface area contributed by atoms with E-state index in [4.69, 9.17) is 5.73 Å². The minimum Gasteiger partial charge on any atom is -0.396 e. The number of fused-ring (bicyclic) bond motifs is 1. The largest absolute Gasteiger partial charge is 0.396 e. The van der Waals surface area contributed by atoms with Crippen molar-refractivity contribution in [3.63, 3.8) is 0 Å². The van der Waals surface area contributed by atoms with Crippen molar-refractivity contribution < 1.29 is 0 Å². The first-order chi connectivity index (χ1) is 5.27. The molecule has 0 bridgehead atoms. The molecule has 2 aromatic rings. The molecule has 0 spiro atoms. The van der Waals surface area contributed by atoms with Crippen molar-refractivity contribution in [1.82, 2.24) is 9.38 Å². The molecule has 2 N–H and O–H groups in total. The monoisotopic (exact) mass is 147 g/mol. The highest BCUT2D eigenvalue weighted by atomic mass is 15.0. The van der Waals surface area contributed by atoms with Crippen LogP contribution in [0.15, 0.2) is 24.5 Å². The van der Waals surface area contributed by atoms with Gasteiger partial charge in [-0.1, -0.05) is 0 Å². The summed E-state index contributed by atoms with van der Waals surface area (Å²) in [7, 11) is 0. The number of pyridine rings is 1. The van der Waals surface area contributed by atoms with E-state index in [2.05, 4.69) is 4.98 Å². The van der Waals surface area contributed by atoms with Crippen LogP contribution in [0.5, 0.6) is 0 Å². The normalized spacial score (nSPS) is 10.6. The van der Waals surface area contributed by atoms with Gasteiger partial charge in [-0.05, 0) is 19.1 Å². The van der Waals surface area contributed by atoms with Gasteiger partial charge in [0.1, 0.15) is 0 Å². The maximum absolute atomic E-state index is 5.69. The second-order valence-electron chi connectivity index (χ2n) is 2.58. The fraction of sp³-hybridized carbons (Fsp3) is 0.125. The third-order valence-electron chi connectivity index (χ3n) is 1.63. The van der Waals surface area contributed by atoms with E-state index in [-0.39, 0.29) is 0 Å². The first-order valence-electron chi connectivity index (χ1n) is 3.47. The lowest BCUT2D eigenvalue weighted by atomic mass is 10.4. The Balaban J connectivity index is 2.90. The lowest BCUT2D eigenvalue weighted by molar-refractivity contribution is 1.19. The minimum atomic E-state index is 0.723. The standard InChI is InChI=1S/C8H9N3/c1-6-5-11-4-2-3-7(9)8(11)10-6/h2-5H,9H2,1H3. The molecule has 0 aliphatic heterocycles. The Labute approximate surface area is 64.5 Å². The van der Waals surface area contributed by atoms with Gasteiger partial charge >= 0.3 is 0 Å². The topological polar surface area (TPSA) is 43.3 Å². The molecule has 3 nitrogen and oxygen atoms in total. The molecule has 56 valence electrons. The minimum absolute atomic E-state index is 0.723.